The molecule has 4 nitrogen and oxygen atoms in total. The molecule has 2 rings (SSSR count). The van der Waals surface area contributed by atoms with E-state index in [0.29, 0.717) is 18.2 Å². The number of likely N-dealkylation sites (tertiary alicyclic amines) is 1. The first-order chi connectivity index (χ1) is 9.55. The molecule has 1 aromatic carbocycles. The highest BCUT2D eigenvalue weighted by atomic mass is 35.5. The van der Waals surface area contributed by atoms with E-state index in [-0.39, 0.29) is 5.97 Å². The normalized spacial score (nSPS) is 23.4. The number of nitrogens with one attached hydrogen (secondary N) is 1. The highest BCUT2D eigenvalue weighted by Crippen LogP contribution is 2.28. The zero-order valence-corrected chi connectivity index (χ0v) is 12.7. The number of halogens is 1. The largest absolute Gasteiger partial charge is 0.464 e. The molecular formula is C15H21ClN2O2. The van der Waals surface area contributed by atoms with E-state index < -0.39 is 5.54 Å². The van der Waals surface area contributed by atoms with Crippen LogP contribution in [0.15, 0.2) is 24.3 Å². The molecule has 1 aromatic rings. The van der Waals surface area contributed by atoms with Crippen LogP contribution in [0.5, 0.6) is 0 Å². The first-order valence-corrected chi connectivity index (χ1v) is 7.33. The van der Waals surface area contributed by atoms with Crippen LogP contribution in [0.3, 0.4) is 0 Å². The summed E-state index contributed by atoms with van der Waals surface area (Å²) in [4.78, 5) is 14.6. The molecule has 1 atom stereocenters. The minimum Gasteiger partial charge on any atom is -0.464 e. The minimum absolute atomic E-state index is 0.188. The first kappa shape index (κ1) is 15.1. The van der Waals surface area contributed by atoms with Crippen LogP contribution in [0, 0.1) is 0 Å². The zero-order valence-electron chi connectivity index (χ0n) is 12.0. The van der Waals surface area contributed by atoms with Crippen molar-refractivity contribution in [3.63, 3.8) is 0 Å². The number of benzene rings is 1. The van der Waals surface area contributed by atoms with Crippen molar-refractivity contribution >= 4 is 23.3 Å². The fourth-order valence-electron chi connectivity index (χ4n) is 2.70. The quantitative estimate of drug-likeness (QED) is 0.868. The Morgan fingerprint density at radius 3 is 3.00 bits per heavy atom. The topological polar surface area (TPSA) is 41.6 Å². The van der Waals surface area contributed by atoms with Gasteiger partial charge in [0.2, 0.25) is 0 Å². The van der Waals surface area contributed by atoms with Gasteiger partial charge in [-0.3, -0.25) is 0 Å². The number of carbonyl (C=O) groups is 1. The molecule has 0 spiro atoms. The molecule has 1 unspecified atom stereocenters. The maximum absolute atomic E-state index is 12.4. The van der Waals surface area contributed by atoms with Gasteiger partial charge in [0.15, 0.2) is 0 Å². The van der Waals surface area contributed by atoms with Crippen molar-refractivity contribution in [3.05, 3.63) is 29.3 Å². The summed E-state index contributed by atoms with van der Waals surface area (Å²) in [5, 5.41) is 4.00. The Balaban J connectivity index is 2.24. The molecule has 0 aromatic heterocycles. The number of hydrogen-bond acceptors (Lipinski definition) is 4. The third-order valence-electron chi connectivity index (χ3n) is 3.56. The summed E-state index contributed by atoms with van der Waals surface area (Å²) in [7, 11) is 2.02. The molecular weight excluding hydrogens is 276 g/mol. The van der Waals surface area contributed by atoms with Gasteiger partial charge in [-0.05, 0) is 51.6 Å². The van der Waals surface area contributed by atoms with Gasteiger partial charge < -0.3 is 15.0 Å². The zero-order chi connectivity index (χ0) is 14.6. The lowest BCUT2D eigenvalue weighted by atomic mass is 9.88. The molecule has 1 saturated heterocycles. The van der Waals surface area contributed by atoms with Crippen molar-refractivity contribution < 1.29 is 9.53 Å². The molecule has 1 aliphatic heterocycles. The maximum atomic E-state index is 12.4. The van der Waals surface area contributed by atoms with Gasteiger partial charge in [0.1, 0.15) is 5.54 Å². The minimum atomic E-state index is -0.687. The lowest BCUT2D eigenvalue weighted by Gasteiger charge is -2.40. The van der Waals surface area contributed by atoms with Gasteiger partial charge in [-0.25, -0.2) is 4.79 Å². The van der Waals surface area contributed by atoms with Crippen LogP contribution < -0.4 is 5.32 Å². The van der Waals surface area contributed by atoms with Crippen molar-refractivity contribution in [1.82, 2.24) is 4.90 Å². The Morgan fingerprint density at radius 1 is 1.55 bits per heavy atom. The summed E-state index contributed by atoms with van der Waals surface area (Å²) >= 11 is 6.01. The molecule has 1 fully saturated rings. The summed E-state index contributed by atoms with van der Waals surface area (Å²) in [6.45, 7) is 3.86. The Labute approximate surface area is 125 Å². The molecule has 20 heavy (non-hydrogen) atoms. The fourth-order valence-corrected chi connectivity index (χ4v) is 2.89. The molecule has 0 amide bonds. The lowest BCUT2D eigenvalue weighted by molar-refractivity contribution is -0.150. The first-order valence-electron chi connectivity index (χ1n) is 6.95. The summed E-state index contributed by atoms with van der Waals surface area (Å²) in [5.41, 5.74) is 0.161. The van der Waals surface area contributed by atoms with E-state index in [1.807, 2.05) is 38.2 Å². The molecule has 5 heteroatoms. The van der Waals surface area contributed by atoms with E-state index >= 15 is 0 Å². The summed E-state index contributed by atoms with van der Waals surface area (Å²) in [5.74, 6) is -0.188. The molecule has 1 heterocycles. The van der Waals surface area contributed by atoms with Crippen LogP contribution in [0.25, 0.3) is 0 Å². The number of ether oxygens (including phenoxy) is 1. The van der Waals surface area contributed by atoms with Crippen LogP contribution in [-0.2, 0) is 9.53 Å². The Morgan fingerprint density at radius 2 is 2.35 bits per heavy atom. The summed E-state index contributed by atoms with van der Waals surface area (Å²) in [6.07, 6.45) is 1.73. The third kappa shape index (κ3) is 3.44. The second-order valence-electron chi connectivity index (χ2n) is 5.28. The van der Waals surface area contributed by atoms with Gasteiger partial charge in [-0.1, -0.05) is 17.7 Å². The van der Waals surface area contributed by atoms with E-state index in [1.54, 1.807) is 0 Å². The van der Waals surface area contributed by atoms with Crippen molar-refractivity contribution in [2.45, 2.75) is 25.3 Å². The third-order valence-corrected chi connectivity index (χ3v) is 3.79. The van der Waals surface area contributed by atoms with Crippen molar-refractivity contribution in [2.75, 3.05) is 32.1 Å². The van der Waals surface area contributed by atoms with E-state index in [1.165, 1.54) is 0 Å². The summed E-state index contributed by atoms with van der Waals surface area (Å²) < 4.78 is 5.27. The summed E-state index contributed by atoms with van der Waals surface area (Å²) in [6, 6.07) is 7.44. The molecule has 0 radical (unpaired) electrons. The molecule has 1 aliphatic rings. The number of piperidine rings is 1. The molecule has 0 bridgehead atoms. The predicted octanol–water partition coefficient (Wildman–Crippen LogP) is 2.78. The van der Waals surface area contributed by atoms with Crippen LogP contribution in [-0.4, -0.2) is 43.2 Å². The van der Waals surface area contributed by atoms with Gasteiger partial charge in [0, 0.05) is 17.3 Å². The maximum Gasteiger partial charge on any atom is 0.333 e. The molecule has 1 N–H and O–H groups in total. The van der Waals surface area contributed by atoms with Gasteiger partial charge in [-0.15, -0.1) is 0 Å². The predicted molar refractivity (Wildman–Crippen MR) is 81.2 cm³/mol. The SMILES string of the molecule is CCOC(=O)C1(Nc2cccc(Cl)c2)CCCN(C)C1. The second-order valence-corrected chi connectivity index (χ2v) is 5.72. The van der Waals surface area contributed by atoms with Gasteiger partial charge in [-0.2, -0.15) is 0 Å². The van der Waals surface area contributed by atoms with E-state index in [2.05, 4.69) is 10.2 Å². The monoisotopic (exact) mass is 296 g/mol. The molecule has 0 saturated carbocycles. The highest BCUT2D eigenvalue weighted by Gasteiger charge is 2.42. The Kier molecular flexibility index (Phi) is 4.89. The van der Waals surface area contributed by atoms with Crippen LogP contribution >= 0.6 is 11.6 Å². The van der Waals surface area contributed by atoms with Crippen LogP contribution in [0.4, 0.5) is 5.69 Å². The average molecular weight is 297 g/mol. The Hall–Kier alpha value is -1.26. The van der Waals surface area contributed by atoms with Gasteiger partial charge in [0.25, 0.3) is 0 Å². The van der Waals surface area contributed by atoms with E-state index in [4.69, 9.17) is 16.3 Å². The van der Waals surface area contributed by atoms with Gasteiger partial charge in [0.05, 0.1) is 6.61 Å². The molecule has 110 valence electrons. The number of nitrogens with zero attached hydrogens (tertiary/aromatic N) is 1. The van der Waals surface area contributed by atoms with E-state index in [9.17, 15) is 4.79 Å². The van der Waals surface area contributed by atoms with Crippen LogP contribution in [0.1, 0.15) is 19.8 Å². The smallest absolute Gasteiger partial charge is 0.333 e. The van der Waals surface area contributed by atoms with Crippen molar-refractivity contribution in [3.8, 4) is 0 Å². The lowest BCUT2D eigenvalue weighted by Crippen LogP contribution is -2.57. The second kappa shape index (κ2) is 6.46. The number of carbonyl (C=O) groups excluding carboxylic acids is 1. The number of esters is 1. The number of likely N-dealkylation sites (N-methyl/N-ethyl adjacent to an activating group) is 1. The standard InChI is InChI=1S/C15H21ClN2O2/c1-3-20-14(19)15(8-5-9-18(2)11-15)17-13-7-4-6-12(16)10-13/h4,6-7,10,17H,3,5,8-9,11H2,1-2H3. The average Bonchev–Trinajstić information content (AvgIpc) is 2.39. The van der Waals surface area contributed by atoms with Crippen molar-refractivity contribution in [1.29, 1.82) is 0 Å². The number of anilines is 1. The Bertz CT molecular complexity index is 481. The number of hydrogen-bond donors (Lipinski definition) is 1. The van der Waals surface area contributed by atoms with Crippen molar-refractivity contribution in [2.24, 2.45) is 0 Å². The highest BCUT2D eigenvalue weighted by molar-refractivity contribution is 6.30. The molecule has 0 aliphatic carbocycles. The fraction of sp³-hybridized carbons (Fsp3) is 0.533. The van der Waals surface area contributed by atoms with Gasteiger partial charge >= 0.3 is 5.97 Å². The number of rotatable bonds is 4. The van der Waals surface area contributed by atoms with E-state index in [0.717, 1.165) is 25.1 Å². The van der Waals surface area contributed by atoms with Crippen LogP contribution in [0.2, 0.25) is 5.02 Å².